The van der Waals surface area contributed by atoms with Gasteiger partial charge in [-0.15, -0.1) is 0 Å². The molecule has 3 aliphatic carbocycles. The average Bonchev–Trinajstić information content (AvgIpc) is 2.62. The third-order valence-electron chi connectivity index (χ3n) is 10.3. The van der Waals surface area contributed by atoms with Crippen LogP contribution in [0.3, 0.4) is 0 Å². The highest BCUT2D eigenvalue weighted by molar-refractivity contribution is 5.12. The Bertz CT molecular complexity index is 679. The van der Waals surface area contributed by atoms with Crippen LogP contribution in [0.5, 0.6) is 0 Å². The fourth-order valence-corrected chi connectivity index (χ4v) is 8.50. The first-order valence-electron chi connectivity index (χ1n) is 13.4. The Labute approximate surface area is 194 Å². The second-order valence-corrected chi connectivity index (χ2v) is 13.6. The number of rotatable bonds is 6. The largest absolute Gasteiger partial charge is 0.390 e. The van der Waals surface area contributed by atoms with Crippen molar-refractivity contribution in [2.45, 2.75) is 131 Å². The molecule has 0 aliphatic heterocycles. The summed E-state index contributed by atoms with van der Waals surface area (Å²) in [5.41, 5.74) is 3.63. The van der Waals surface area contributed by atoms with E-state index in [0.717, 1.165) is 25.2 Å². The molecule has 0 saturated heterocycles. The highest BCUT2D eigenvalue weighted by atomic mass is 16.3. The molecule has 0 amide bonds. The number of allylic oxidation sites excluding steroid dienone is 3. The minimum Gasteiger partial charge on any atom is -0.390 e. The third-order valence-corrected chi connectivity index (χ3v) is 10.3. The van der Waals surface area contributed by atoms with Gasteiger partial charge in [-0.1, -0.05) is 64.8 Å². The van der Waals surface area contributed by atoms with Crippen molar-refractivity contribution in [3.05, 3.63) is 23.8 Å². The molecule has 1 heteroatoms. The number of hydrogen-bond acceptors (Lipinski definition) is 1. The molecule has 0 heterocycles. The van der Waals surface area contributed by atoms with Crippen LogP contribution in [-0.4, -0.2) is 10.7 Å². The van der Waals surface area contributed by atoms with Crippen LogP contribution in [0.15, 0.2) is 23.8 Å². The lowest BCUT2D eigenvalue weighted by molar-refractivity contribution is -0.168. The van der Waals surface area contributed by atoms with Crippen molar-refractivity contribution in [1.82, 2.24) is 0 Å². The second kappa shape index (κ2) is 9.00. The molecule has 178 valence electrons. The van der Waals surface area contributed by atoms with Crippen molar-refractivity contribution in [2.24, 2.45) is 34.0 Å². The van der Waals surface area contributed by atoms with E-state index >= 15 is 0 Å². The van der Waals surface area contributed by atoms with Gasteiger partial charge in [-0.05, 0) is 118 Å². The molecule has 3 fully saturated rings. The maximum Gasteiger partial charge on any atom is 0.0653 e. The minimum atomic E-state index is -0.510. The van der Waals surface area contributed by atoms with Gasteiger partial charge in [-0.3, -0.25) is 0 Å². The SMILES string of the molecule is C=C1CCCC(C)(C)[C@@H]1CC/C(C)=C/CC[C@@H]1[C@]2(C)CCCC(C)(C)[C@@H]2CC[C@@]1(C)O. The monoisotopic (exact) mass is 428 g/mol. The van der Waals surface area contributed by atoms with Crippen LogP contribution in [-0.2, 0) is 0 Å². The summed E-state index contributed by atoms with van der Waals surface area (Å²) >= 11 is 0. The summed E-state index contributed by atoms with van der Waals surface area (Å²) in [5, 5.41) is 11.4. The van der Waals surface area contributed by atoms with Crippen molar-refractivity contribution >= 4 is 0 Å². The van der Waals surface area contributed by atoms with E-state index in [1.165, 1.54) is 68.9 Å². The molecule has 0 bridgehead atoms. The minimum absolute atomic E-state index is 0.287. The van der Waals surface area contributed by atoms with Gasteiger partial charge in [0.2, 0.25) is 0 Å². The molecular formula is C30H52O. The molecular weight excluding hydrogens is 376 g/mol. The Morgan fingerprint density at radius 1 is 0.968 bits per heavy atom. The van der Waals surface area contributed by atoms with Crippen LogP contribution in [0.1, 0.15) is 126 Å². The van der Waals surface area contributed by atoms with Crippen LogP contribution in [0.2, 0.25) is 0 Å². The zero-order valence-electron chi connectivity index (χ0n) is 21.9. The summed E-state index contributed by atoms with van der Waals surface area (Å²) in [6.07, 6.45) is 17.2. The summed E-state index contributed by atoms with van der Waals surface area (Å²) in [6, 6.07) is 0. The number of aliphatic hydroxyl groups is 1. The van der Waals surface area contributed by atoms with E-state index in [9.17, 15) is 5.11 Å². The summed E-state index contributed by atoms with van der Waals surface area (Å²) in [5.74, 6) is 1.84. The van der Waals surface area contributed by atoms with Crippen molar-refractivity contribution in [3.8, 4) is 0 Å². The van der Waals surface area contributed by atoms with Crippen LogP contribution >= 0.6 is 0 Å². The van der Waals surface area contributed by atoms with Gasteiger partial charge in [-0.25, -0.2) is 0 Å². The summed E-state index contributed by atoms with van der Waals surface area (Å²) < 4.78 is 0. The Hall–Kier alpha value is -0.560. The molecule has 31 heavy (non-hydrogen) atoms. The lowest BCUT2D eigenvalue weighted by Gasteiger charge is -2.61. The van der Waals surface area contributed by atoms with E-state index in [2.05, 4.69) is 61.1 Å². The lowest BCUT2D eigenvalue weighted by atomic mass is 9.45. The van der Waals surface area contributed by atoms with Crippen molar-refractivity contribution < 1.29 is 5.11 Å². The fraction of sp³-hybridized carbons (Fsp3) is 0.867. The first-order valence-corrected chi connectivity index (χ1v) is 13.4. The predicted molar refractivity (Wildman–Crippen MR) is 135 cm³/mol. The molecule has 3 rings (SSSR count). The maximum atomic E-state index is 11.4. The Morgan fingerprint density at radius 3 is 2.32 bits per heavy atom. The van der Waals surface area contributed by atoms with Crippen LogP contribution in [0.25, 0.3) is 0 Å². The first-order chi connectivity index (χ1) is 14.3. The van der Waals surface area contributed by atoms with Crippen molar-refractivity contribution in [2.75, 3.05) is 0 Å². The average molecular weight is 429 g/mol. The van der Waals surface area contributed by atoms with Gasteiger partial charge < -0.3 is 5.11 Å². The molecule has 1 nitrogen and oxygen atoms in total. The maximum absolute atomic E-state index is 11.4. The van der Waals surface area contributed by atoms with Gasteiger partial charge in [0.1, 0.15) is 0 Å². The van der Waals surface area contributed by atoms with E-state index in [4.69, 9.17) is 0 Å². The van der Waals surface area contributed by atoms with E-state index in [1.807, 2.05) is 0 Å². The zero-order valence-corrected chi connectivity index (χ0v) is 21.9. The first kappa shape index (κ1) is 25.1. The Kier molecular flexibility index (Phi) is 7.28. The van der Waals surface area contributed by atoms with Gasteiger partial charge in [0, 0.05) is 0 Å². The van der Waals surface area contributed by atoms with Gasteiger partial charge in [0.05, 0.1) is 5.60 Å². The van der Waals surface area contributed by atoms with E-state index in [-0.39, 0.29) is 5.41 Å². The van der Waals surface area contributed by atoms with Gasteiger partial charge >= 0.3 is 0 Å². The van der Waals surface area contributed by atoms with E-state index in [0.29, 0.717) is 22.7 Å². The van der Waals surface area contributed by atoms with Crippen molar-refractivity contribution in [3.63, 3.8) is 0 Å². The summed E-state index contributed by atoms with van der Waals surface area (Å²) in [7, 11) is 0. The molecule has 0 unspecified atom stereocenters. The highest BCUT2D eigenvalue weighted by Gasteiger charge is 2.57. The van der Waals surface area contributed by atoms with Crippen LogP contribution < -0.4 is 0 Å². The zero-order chi connectivity index (χ0) is 23.1. The molecule has 1 N–H and O–H groups in total. The molecule has 0 aromatic heterocycles. The van der Waals surface area contributed by atoms with Crippen LogP contribution in [0, 0.1) is 34.0 Å². The quantitative estimate of drug-likeness (QED) is 0.419. The van der Waals surface area contributed by atoms with Crippen molar-refractivity contribution in [1.29, 1.82) is 0 Å². The lowest BCUT2D eigenvalue weighted by Crippen LogP contribution is -2.57. The molecule has 0 spiro atoms. The number of hydrogen-bond donors (Lipinski definition) is 1. The fourth-order valence-electron chi connectivity index (χ4n) is 8.50. The molecule has 0 radical (unpaired) electrons. The third kappa shape index (κ3) is 5.18. The summed E-state index contributed by atoms with van der Waals surface area (Å²) in [4.78, 5) is 0. The second-order valence-electron chi connectivity index (χ2n) is 13.6. The van der Waals surface area contributed by atoms with Gasteiger partial charge in [0.15, 0.2) is 0 Å². The normalized spacial score (nSPS) is 40.5. The summed E-state index contributed by atoms with van der Waals surface area (Å²) in [6.45, 7) is 21.2. The molecule has 3 aliphatic rings. The Balaban J connectivity index is 1.62. The molecule has 0 aromatic rings. The standard InChI is InChI=1S/C30H52O/c1-22(15-16-24-23(2)13-10-18-27(24,3)4)12-9-14-26-29(7)20-11-19-28(5,6)25(29)17-21-30(26,8)31/h12,24-26,31H,2,9-11,13-21H2,1,3-8H3/b22-12+/t24-,25+,26-,29-,30-/m1/s1. The van der Waals surface area contributed by atoms with E-state index < -0.39 is 5.60 Å². The number of fused-ring (bicyclic) bond motifs is 1. The molecule has 5 atom stereocenters. The Morgan fingerprint density at radius 2 is 1.65 bits per heavy atom. The van der Waals surface area contributed by atoms with Crippen LogP contribution in [0.4, 0.5) is 0 Å². The van der Waals surface area contributed by atoms with Gasteiger partial charge in [0.25, 0.3) is 0 Å². The van der Waals surface area contributed by atoms with E-state index in [1.54, 1.807) is 0 Å². The smallest absolute Gasteiger partial charge is 0.0653 e. The molecule has 3 saturated carbocycles. The topological polar surface area (TPSA) is 20.2 Å². The predicted octanol–water partition coefficient (Wildman–Crippen LogP) is 8.87. The van der Waals surface area contributed by atoms with Gasteiger partial charge in [-0.2, -0.15) is 0 Å². The molecule has 0 aromatic carbocycles. The highest BCUT2D eigenvalue weighted by Crippen LogP contribution is 2.62.